The topological polar surface area (TPSA) is 109 Å². The summed E-state index contributed by atoms with van der Waals surface area (Å²) < 4.78 is 8.84. The number of likely N-dealkylation sites (tertiary alicyclic amines) is 1. The van der Waals surface area contributed by atoms with Crippen LogP contribution in [0.15, 0.2) is 29.3 Å². The second kappa shape index (κ2) is 10.1. The summed E-state index contributed by atoms with van der Waals surface area (Å²) in [5.74, 6) is -0.861. The third-order valence-electron chi connectivity index (χ3n) is 7.42. The Morgan fingerprint density at radius 2 is 2.00 bits per heavy atom. The molecule has 3 aliphatic rings. The molecule has 5 rings (SSSR count). The van der Waals surface area contributed by atoms with Crippen LogP contribution in [0, 0.1) is 0 Å². The Morgan fingerprint density at radius 3 is 2.70 bits per heavy atom. The normalized spacial score (nSPS) is 23.8. The number of fused-ring (bicyclic) bond motifs is 2. The van der Waals surface area contributed by atoms with Crippen LogP contribution in [0.1, 0.15) is 26.2 Å². The number of likely N-dealkylation sites (N-methyl/N-ethyl adjacent to an activating group) is 1. The van der Waals surface area contributed by atoms with E-state index < -0.39 is 17.3 Å². The summed E-state index contributed by atoms with van der Waals surface area (Å²) in [6.45, 7) is 4.23. The van der Waals surface area contributed by atoms with Gasteiger partial charge in [-0.3, -0.25) is 19.3 Å². The molecule has 2 N–H and O–H groups in total. The standard InChI is InChI=1S/C25H32ClN5O5S/c1-3-21(32)29-8-6-24(7-9-29)14-31-22(33)12-30(16-25(31,36-24)15-28(2)13-23(34)35)37-20-11-17-10-18(26)4-5-19(17)27-20/h4-5,10-11,27H,3,6-9,12-16H2,1-2H3,(H,34,35). The Labute approximate surface area is 225 Å². The number of piperazine rings is 1. The molecule has 1 aromatic heterocycles. The number of aliphatic carboxylic acids is 1. The maximum Gasteiger partial charge on any atom is 0.317 e. The number of carbonyl (C=O) groups excluding carboxylic acids is 2. The summed E-state index contributed by atoms with van der Waals surface area (Å²) >= 11 is 7.59. The third kappa shape index (κ3) is 5.33. The van der Waals surface area contributed by atoms with Crippen LogP contribution in [0.4, 0.5) is 0 Å². The highest BCUT2D eigenvalue weighted by Crippen LogP contribution is 2.45. The van der Waals surface area contributed by atoms with E-state index in [9.17, 15) is 19.5 Å². The first-order chi connectivity index (χ1) is 17.6. The molecule has 37 heavy (non-hydrogen) atoms. The van der Waals surface area contributed by atoms with Crippen molar-refractivity contribution in [3.05, 3.63) is 29.3 Å². The smallest absolute Gasteiger partial charge is 0.317 e. The minimum atomic E-state index is -0.987. The minimum Gasteiger partial charge on any atom is -0.480 e. The summed E-state index contributed by atoms with van der Waals surface area (Å²) in [7, 11) is 1.73. The van der Waals surface area contributed by atoms with Crippen molar-refractivity contribution in [1.82, 2.24) is 24.0 Å². The summed E-state index contributed by atoms with van der Waals surface area (Å²) in [6, 6.07) is 7.65. The number of piperidine rings is 1. The molecular weight excluding hydrogens is 518 g/mol. The summed E-state index contributed by atoms with van der Waals surface area (Å²) in [5.41, 5.74) is -0.584. The van der Waals surface area contributed by atoms with Crippen LogP contribution in [-0.4, -0.2) is 111 Å². The second-order valence-electron chi connectivity index (χ2n) is 10.3. The lowest BCUT2D eigenvalue weighted by molar-refractivity contribution is -0.186. The van der Waals surface area contributed by atoms with Gasteiger partial charge in [0.2, 0.25) is 11.8 Å². The molecule has 2 aromatic rings. The van der Waals surface area contributed by atoms with E-state index in [0.29, 0.717) is 50.5 Å². The molecule has 0 aliphatic carbocycles. The number of carboxylic acids is 1. The summed E-state index contributed by atoms with van der Waals surface area (Å²) in [4.78, 5) is 45.9. The molecule has 0 saturated carbocycles. The average molecular weight is 550 g/mol. The van der Waals surface area contributed by atoms with Gasteiger partial charge in [0.15, 0.2) is 5.72 Å². The Bertz CT molecular complexity index is 1220. The van der Waals surface area contributed by atoms with Gasteiger partial charge in [0, 0.05) is 42.0 Å². The number of hydrogen-bond acceptors (Lipinski definition) is 7. The predicted octanol–water partition coefficient (Wildman–Crippen LogP) is 2.49. The van der Waals surface area contributed by atoms with Crippen LogP contribution < -0.4 is 0 Å². The van der Waals surface area contributed by atoms with Crippen molar-refractivity contribution in [2.75, 3.05) is 52.9 Å². The fourth-order valence-corrected chi connectivity index (χ4v) is 7.01. The van der Waals surface area contributed by atoms with Gasteiger partial charge in [-0.15, -0.1) is 0 Å². The lowest BCUT2D eigenvalue weighted by Crippen LogP contribution is -2.65. The number of benzene rings is 1. The Balaban J connectivity index is 1.39. The molecule has 12 heteroatoms. The first kappa shape index (κ1) is 26.3. The molecule has 3 fully saturated rings. The highest BCUT2D eigenvalue weighted by Gasteiger charge is 2.60. The van der Waals surface area contributed by atoms with Crippen molar-refractivity contribution in [2.45, 2.75) is 42.5 Å². The van der Waals surface area contributed by atoms with Crippen LogP contribution >= 0.6 is 23.5 Å². The van der Waals surface area contributed by atoms with Crippen molar-refractivity contribution in [2.24, 2.45) is 0 Å². The van der Waals surface area contributed by atoms with Crippen molar-refractivity contribution in [1.29, 1.82) is 0 Å². The van der Waals surface area contributed by atoms with Crippen molar-refractivity contribution in [3.8, 4) is 0 Å². The molecule has 10 nitrogen and oxygen atoms in total. The van der Waals surface area contributed by atoms with Gasteiger partial charge < -0.3 is 24.6 Å². The summed E-state index contributed by atoms with van der Waals surface area (Å²) in [5, 5.41) is 11.9. The van der Waals surface area contributed by atoms with Crippen LogP contribution in [-0.2, 0) is 19.1 Å². The number of carboxylic acid groups (broad SMARTS) is 1. The lowest BCUT2D eigenvalue weighted by atomic mass is 9.91. The van der Waals surface area contributed by atoms with Gasteiger partial charge >= 0.3 is 5.97 Å². The quantitative estimate of drug-likeness (QED) is 0.507. The molecule has 3 aliphatic heterocycles. The number of aromatic amines is 1. The number of amides is 2. The zero-order valence-electron chi connectivity index (χ0n) is 21.0. The van der Waals surface area contributed by atoms with Gasteiger partial charge in [-0.1, -0.05) is 18.5 Å². The number of nitrogens with one attached hydrogen (secondary N) is 1. The van der Waals surface area contributed by atoms with Crippen molar-refractivity contribution < 1.29 is 24.2 Å². The van der Waals surface area contributed by atoms with E-state index in [4.69, 9.17) is 16.3 Å². The Hall–Kier alpha value is -2.31. The fraction of sp³-hybridized carbons (Fsp3) is 0.560. The fourth-order valence-electron chi connectivity index (χ4n) is 5.78. The van der Waals surface area contributed by atoms with Crippen molar-refractivity contribution >= 4 is 52.2 Å². The molecule has 2 amide bonds. The molecule has 1 atom stereocenters. The van der Waals surface area contributed by atoms with Crippen molar-refractivity contribution in [3.63, 3.8) is 0 Å². The molecule has 3 saturated heterocycles. The van der Waals surface area contributed by atoms with Gasteiger partial charge in [0.25, 0.3) is 0 Å². The number of carbonyl (C=O) groups is 3. The summed E-state index contributed by atoms with van der Waals surface area (Å²) in [6.07, 6.45) is 1.75. The predicted molar refractivity (Wildman–Crippen MR) is 140 cm³/mol. The number of aromatic nitrogens is 1. The first-order valence-electron chi connectivity index (χ1n) is 12.5. The molecular formula is C25H32ClN5O5S. The van der Waals surface area contributed by atoms with E-state index >= 15 is 0 Å². The highest BCUT2D eigenvalue weighted by atomic mass is 35.5. The minimum absolute atomic E-state index is 0.0504. The number of H-pyrrole nitrogens is 1. The number of nitrogens with zero attached hydrogens (tertiary/aromatic N) is 4. The van der Waals surface area contributed by atoms with Gasteiger partial charge in [-0.25, -0.2) is 4.31 Å². The molecule has 1 unspecified atom stereocenters. The highest BCUT2D eigenvalue weighted by molar-refractivity contribution is 7.97. The number of ether oxygens (including phenoxy) is 1. The lowest BCUT2D eigenvalue weighted by Gasteiger charge is -2.46. The molecule has 4 heterocycles. The van der Waals surface area contributed by atoms with Gasteiger partial charge in [0.05, 0.1) is 36.8 Å². The van der Waals surface area contributed by atoms with E-state index in [0.717, 1.165) is 15.9 Å². The molecule has 0 bridgehead atoms. The van der Waals surface area contributed by atoms with E-state index in [1.165, 1.54) is 11.9 Å². The monoisotopic (exact) mass is 549 g/mol. The number of halogens is 1. The molecule has 1 spiro atoms. The van der Waals surface area contributed by atoms with E-state index in [1.807, 2.05) is 45.3 Å². The second-order valence-corrected chi connectivity index (χ2v) is 11.8. The third-order valence-corrected chi connectivity index (χ3v) is 8.59. The van der Waals surface area contributed by atoms with Crippen LogP contribution in [0.5, 0.6) is 0 Å². The molecule has 0 radical (unpaired) electrons. The van der Waals surface area contributed by atoms with Crippen LogP contribution in [0.25, 0.3) is 10.9 Å². The van der Waals surface area contributed by atoms with E-state index in [2.05, 4.69) is 4.98 Å². The van der Waals surface area contributed by atoms with Crippen LogP contribution in [0.2, 0.25) is 5.02 Å². The van der Waals surface area contributed by atoms with E-state index in [1.54, 1.807) is 11.9 Å². The SMILES string of the molecule is CCC(=O)N1CCC2(CC1)CN1C(=O)CN(Sc3cc4cc(Cl)ccc4[nH]3)CC1(CN(C)CC(=O)O)O2. The first-order valence-corrected chi connectivity index (χ1v) is 13.7. The number of hydrogen-bond donors (Lipinski definition) is 2. The van der Waals surface area contributed by atoms with Gasteiger partial charge in [-0.05, 0) is 56.1 Å². The zero-order chi connectivity index (χ0) is 26.4. The van der Waals surface area contributed by atoms with E-state index in [-0.39, 0.29) is 31.4 Å². The zero-order valence-corrected chi connectivity index (χ0v) is 22.6. The van der Waals surface area contributed by atoms with Gasteiger partial charge in [-0.2, -0.15) is 0 Å². The molecule has 1 aromatic carbocycles. The molecule has 200 valence electrons. The Morgan fingerprint density at radius 1 is 1.24 bits per heavy atom. The maximum absolute atomic E-state index is 13.5. The maximum atomic E-state index is 13.5. The van der Waals surface area contributed by atoms with Crippen LogP contribution in [0.3, 0.4) is 0 Å². The van der Waals surface area contributed by atoms with Gasteiger partial charge in [0.1, 0.15) is 0 Å². The average Bonchev–Trinajstić information content (AvgIpc) is 3.36. The number of rotatable bonds is 7. The Kier molecular flexibility index (Phi) is 7.18. The largest absolute Gasteiger partial charge is 0.480 e.